The molecule has 1 saturated carbocycles. The van der Waals surface area contributed by atoms with Gasteiger partial charge in [0.2, 0.25) is 0 Å². The summed E-state index contributed by atoms with van der Waals surface area (Å²) < 4.78 is 5.49. The Bertz CT molecular complexity index is 159. The molecule has 1 heterocycles. The van der Waals surface area contributed by atoms with Crippen LogP contribution in [0.1, 0.15) is 19.3 Å². The number of aliphatic hydroxyl groups excluding tert-OH is 1. The van der Waals surface area contributed by atoms with E-state index in [0.29, 0.717) is 0 Å². The van der Waals surface area contributed by atoms with Crippen LogP contribution in [-0.4, -0.2) is 49.0 Å². The van der Waals surface area contributed by atoms with E-state index in [1.807, 2.05) is 0 Å². The Morgan fingerprint density at radius 1 is 1.23 bits per heavy atom. The van der Waals surface area contributed by atoms with Crippen LogP contribution in [0.5, 0.6) is 0 Å². The molecule has 2 rings (SSSR count). The molecule has 76 valence electrons. The molecule has 13 heavy (non-hydrogen) atoms. The second-order valence-electron chi connectivity index (χ2n) is 4.21. The highest BCUT2D eigenvalue weighted by molar-refractivity contribution is 4.78. The fourth-order valence-electron chi connectivity index (χ4n) is 1.86. The van der Waals surface area contributed by atoms with Gasteiger partial charge >= 0.3 is 0 Å². The molecule has 0 radical (unpaired) electrons. The van der Waals surface area contributed by atoms with Crippen molar-refractivity contribution in [2.45, 2.75) is 25.4 Å². The van der Waals surface area contributed by atoms with Crippen molar-refractivity contribution in [3.05, 3.63) is 0 Å². The molecule has 0 spiro atoms. The molecule has 2 aliphatic rings. The van der Waals surface area contributed by atoms with Crippen LogP contribution >= 0.6 is 0 Å². The molecular weight excluding hydrogens is 166 g/mol. The smallest absolute Gasteiger partial charge is 0.0818 e. The quantitative estimate of drug-likeness (QED) is 0.694. The van der Waals surface area contributed by atoms with Crippen molar-refractivity contribution < 1.29 is 9.84 Å². The monoisotopic (exact) mass is 185 g/mol. The van der Waals surface area contributed by atoms with Gasteiger partial charge in [0.05, 0.1) is 19.3 Å². The van der Waals surface area contributed by atoms with Crippen molar-refractivity contribution in [3.8, 4) is 0 Å². The molecule has 0 aromatic carbocycles. The maximum absolute atomic E-state index is 8.95. The van der Waals surface area contributed by atoms with Crippen LogP contribution in [0, 0.1) is 5.92 Å². The van der Waals surface area contributed by atoms with E-state index in [2.05, 4.69) is 4.90 Å². The van der Waals surface area contributed by atoms with Gasteiger partial charge in [-0.25, -0.2) is 0 Å². The molecule has 3 nitrogen and oxygen atoms in total. The lowest BCUT2D eigenvalue weighted by Gasteiger charge is -2.18. The highest BCUT2D eigenvalue weighted by Crippen LogP contribution is 2.29. The van der Waals surface area contributed by atoms with E-state index in [1.54, 1.807) is 0 Å². The summed E-state index contributed by atoms with van der Waals surface area (Å²) in [5, 5.41) is 8.95. The molecule has 2 fully saturated rings. The third-order valence-electron chi connectivity index (χ3n) is 2.95. The molecule has 1 aliphatic heterocycles. The standard InChI is InChI=1S/C10H19NO2/c12-8-10-3-4-11(5-6-13-10)7-9-1-2-9/h9-10,12H,1-8H2. The Kier molecular flexibility index (Phi) is 3.19. The van der Waals surface area contributed by atoms with Crippen LogP contribution in [-0.2, 0) is 4.74 Å². The maximum Gasteiger partial charge on any atom is 0.0818 e. The molecule has 3 heteroatoms. The average Bonchev–Trinajstić information content (AvgIpc) is 2.93. The minimum atomic E-state index is 0.0872. The van der Waals surface area contributed by atoms with Crippen LogP contribution in [0.2, 0.25) is 0 Å². The van der Waals surface area contributed by atoms with Crippen LogP contribution in [0.15, 0.2) is 0 Å². The SMILES string of the molecule is OCC1CCN(CC2CC2)CCO1. The third kappa shape index (κ3) is 2.93. The molecule has 0 amide bonds. The van der Waals surface area contributed by atoms with Gasteiger partial charge in [-0.3, -0.25) is 0 Å². The Morgan fingerprint density at radius 2 is 2.08 bits per heavy atom. The molecule has 0 aromatic heterocycles. The molecule has 0 aromatic rings. The summed E-state index contributed by atoms with van der Waals surface area (Å²) in [4.78, 5) is 2.48. The summed E-state index contributed by atoms with van der Waals surface area (Å²) in [6.07, 6.45) is 3.91. The van der Waals surface area contributed by atoms with Crippen molar-refractivity contribution in [2.75, 3.05) is 32.8 Å². The molecule has 1 saturated heterocycles. The van der Waals surface area contributed by atoms with Gasteiger partial charge in [0, 0.05) is 19.6 Å². The first-order valence-electron chi connectivity index (χ1n) is 5.33. The van der Waals surface area contributed by atoms with Crippen LogP contribution in [0.25, 0.3) is 0 Å². The Labute approximate surface area is 79.7 Å². The number of aliphatic hydroxyl groups is 1. The first-order chi connectivity index (χ1) is 6.38. The Morgan fingerprint density at radius 3 is 2.77 bits per heavy atom. The van der Waals surface area contributed by atoms with Crippen molar-refractivity contribution in [3.63, 3.8) is 0 Å². The minimum Gasteiger partial charge on any atom is -0.394 e. The van der Waals surface area contributed by atoms with Gasteiger partial charge in [0.15, 0.2) is 0 Å². The molecular formula is C10H19NO2. The molecule has 0 bridgehead atoms. The average molecular weight is 185 g/mol. The van der Waals surface area contributed by atoms with E-state index >= 15 is 0 Å². The highest BCUT2D eigenvalue weighted by Gasteiger charge is 2.25. The van der Waals surface area contributed by atoms with Crippen LogP contribution in [0.4, 0.5) is 0 Å². The number of nitrogens with zero attached hydrogens (tertiary/aromatic N) is 1. The second kappa shape index (κ2) is 4.40. The van der Waals surface area contributed by atoms with Gasteiger partial charge in [0.1, 0.15) is 0 Å². The predicted octanol–water partition coefficient (Wildman–Crippen LogP) is 0.480. The lowest BCUT2D eigenvalue weighted by Crippen LogP contribution is -2.28. The minimum absolute atomic E-state index is 0.0872. The summed E-state index contributed by atoms with van der Waals surface area (Å²) >= 11 is 0. The molecule has 1 aliphatic carbocycles. The third-order valence-corrected chi connectivity index (χ3v) is 2.95. The molecule has 1 N–H and O–H groups in total. The first-order valence-corrected chi connectivity index (χ1v) is 5.33. The lowest BCUT2D eigenvalue weighted by atomic mass is 10.2. The molecule has 1 atom stereocenters. The van der Waals surface area contributed by atoms with Gasteiger partial charge in [0.25, 0.3) is 0 Å². The number of hydrogen-bond donors (Lipinski definition) is 1. The summed E-state index contributed by atoms with van der Waals surface area (Å²) in [5.74, 6) is 0.964. The van der Waals surface area contributed by atoms with E-state index in [-0.39, 0.29) is 12.7 Å². The van der Waals surface area contributed by atoms with E-state index in [0.717, 1.165) is 32.0 Å². The summed E-state index contributed by atoms with van der Waals surface area (Å²) in [6, 6.07) is 0. The highest BCUT2D eigenvalue weighted by atomic mass is 16.5. The van der Waals surface area contributed by atoms with Gasteiger partial charge in [-0.2, -0.15) is 0 Å². The molecule has 1 unspecified atom stereocenters. The topological polar surface area (TPSA) is 32.7 Å². The van der Waals surface area contributed by atoms with E-state index in [1.165, 1.54) is 19.4 Å². The second-order valence-corrected chi connectivity index (χ2v) is 4.21. The zero-order chi connectivity index (χ0) is 9.10. The van der Waals surface area contributed by atoms with Crippen LogP contribution in [0.3, 0.4) is 0 Å². The van der Waals surface area contributed by atoms with Crippen molar-refractivity contribution in [1.82, 2.24) is 4.90 Å². The van der Waals surface area contributed by atoms with Gasteiger partial charge in [-0.15, -0.1) is 0 Å². The van der Waals surface area contributed by atoms with Crippen molar-refractivity contribution in [2.24, 2.45) is 5.92 Å². The van der Waals surface area contributed by atoms with E-state index in [4.69, 9.17) is 9.84 Å². The van der Waals surface area contributed by atoms with Crippen LogP contribution < -0.4 is 0 Å². The van der Waals surface area contributed by atoms with Crippen molar-refractivity contribution in [1.29, 1.82) is 0 Å². The number of ether oxygens (including phenoxy) is 1. The largest absolute Gasteiger partial charge is 0.394 e. The van der Waals surface area contributed by atoms with Crippen molar-refractivity contribution >= 4 is 0 Å². The van der Waals surface area contributed by atoms with E-state index in [9.17, 15) is 0 Å². The fourth-order valence-corrected chi connectivity index (χ4v) is 1.86. The number of hydrogen-bond acceptors (Lipinski definition) is 3. The first kappa shape index (κ1) is 9.44. The summed E-state index contributed by atoms with van der Waals surface area (Å²) in [7, 11) is 0. The maximum atomic E-state index is 8.95. The zero-order valence-electron chi connectivity index (χ0n) is 8.11. The van der Waals surface area contributed by atoms with Gasteiger partial charge in [-0.1, -0.05) is 0 Å². The van der Waals surface area contributed by atoms with E-state index < -0.39 is 0 Å². The summed E-state index contributed by atoms with van der Waals surface area (Å²) in [5.41, 5.74) is 0. The Balaban J connectivity index is 1.72. The fraction of sp³-hybridized carbons (Fsp3) is 1.00. The number of rotatable bonds is 3. The zero-order valence-corrected chi connectivity index (χ0v) is 8.11. The lowest BCUT2D eigenvalue weighted by molar-refractivity contribution is 0.0209. The predicted molar refractivity (Wildman–Crippen MR) is 50.6 cm³/mol. The Hall–Kier alpha value is -0.120. The van der Waals surface area contributed by atoms with Gasteiger partial charge in [-0.05, 0) is 25.2 Å². The normalized spacial score (nSPS) is 31.6. The summed E-state index contributed by atoms with van der Waals surface area (Å²) in [6.45, 7) is 4.37. The van der Waals surface area contributed by atoms with Gasteiger partial charge < -0.3 is 14.7 Å².